The van der Waals surface area contributed by atoms with Gasteiger partial charge in [-0.1, -0.05) is 18.2 Å². The van der Waals surface area contributed by atoms with Crippen LogP contribution in [0.3, 0.4) is 0 Å². The molecule has 130 valence electrons. The number of fused-ring (bicyclic) bond motifs is 1. The number of nitrogens with zero attached hydrogens (tertiary/aromatic N) is 2. The van der Waals surface area contributed by atoms with Crippen molar-refractivity contribution in [2.45, 2.75) is 26.4 Å². The van der Waals surface area contributed by atoms with Crippen molar-refractivity contribution < 1.29 is 4.79 Å². The lowest BCUT2D eigenvalue weighted by atomic mass is 10.2. The van der Waals surface area contributed by atoms with Gasteiger partial charge in [-0.05, 0) is 66.7 Å². The van der Waals surface area contributed by atoms with Crippen LogP contribution in [-0.4, -0.2) is 28.9 Å². The monoisotopic (exact) mass is 417 g/mol. The maximum Gasteiger partial charge on any atom is 0.241 e. The molecule has 0 aliphatic carbocycles. The molecule has 0 saturated carbocycles. The van der Waals surface area contributed by atoms with E-state index in [1.54, 1.807) is 11.3 Å². The summed E-state index contributed by atoms with van der Waals surface area (Å²) in [5.41, 5.74) is 2.94. The molecule has 0 aliphatic rings. The molecule has 6 heteroatoms. The zero-order chi connectivity index (χ0) is 18.0. The van der Waals surface area contributed by atoms with Gasteiger partial charge in [0.1, 0.15) is 5.01 Å². The molecule has 0 saturated heterocycles. The molecule has 0 aliphatic heterocycles. The Hall–Kier alpha value is -1.76. The van der Waals surface area contributed by atoms with Gasteiger partial charge in [0.25, 0.3) is 0 Å². The number of anilines is 1. The predicted molar refractivity (Wildman–Crippen MR) is 108 cm³/mol. The van der Waals surface area contributed by atoms with E-state index in [2.05, 4.69) is 32.3 Å². The summed E-state index contributed by atoms with van der Waals surface area (Å²) in [6, 6.07) is 13.7. The summed E-state index contributed by atoms with van der Waals surface area (Å²) in [5, 5.41) is 4.00. The predicted octanol–water partition coefficient (Wildman–Crippen LogP) is 4.83. The Morgan fingerprint density at radius 3 is 2.80 bits per heavy atom. The molecular weight excluding hydrogens is 398 g/mol. The van der Waals surface area contributed by atoms with Crippen LogP contribution in [0.5, 0.6) is 0 Å². The number of likely N-dealkylation sites (N-methyl/N-ethyl adjacent to an activating group) is 1. The summed E-state index contributed by atoms with van der Waals surface area (Å²) in [5.74, 6) is -0.0341. The van der Waals surface area contributed by atoms with E-state index in [1.165, 1.54) is 4.70 Å². The third-order valence-electron chi connectivity index (χ3n) is 4.15. The molecule has 2 aromatic carbocycles. The highest BCUT2D eigenvalue weighted by atomic mass is 79.9. The average molecular weight is 418 g/mol. The average Bonchev–Trinajstić information content (AvgIpc) is 2.98. The van der Waals surface area contributed by atoms with Crippen LogP contribution in [0.2, 0.25) is 0 Å². The van der Waals surface area contributed by atoms with Crippen molar-refractivity contribution in [3.8, 4) is 0 Å². The van der Waals surface area contributed by atoms with Gasteiger partial charge in [0.15, 0.2) is 0 Å². The number of nitrogens with one attached hydrogen (secondary N) is 1. The first kappa shape index (κ1) is 18.0. The van der Waals surface area contributed by atoms with Crippen molar-refractivity contribution in [2.75, 3.05) is 12.4 Å². The molecule has 1 aromatic heterocycles. The van der Waals surface area contributed by atoms with Gasteiger partial charge in [-0.3, -0.25) is 9.69 Å². The van der Waals surface area contributed by atoms with Gasteiger partial charge in [0.2, 0.25) is 5.91 Å². The number of para-hydroxylation sites is 1. The van der Waals surface area contributed by atoms with E-state index < -0.39 is 0 Å². The number of thiazole rings is 1. The minimum atomic E-state index is -0.264. The molecule has 1 amide bonds. The first-order valence-electron chi connectivity index (χ1n) is 8.06. The lowest BCUT2D eigenvalue weighted by Gasteiger charge is -2.23. The largest absolute Gasteiger partial charge is 0.324 e. The third kappa shape index (κ3) is 4.26. The number of carbonyl (C=O) groups is 1. The number of hydrogen-bond donors (Lipinski definition) is 1. The Morgan fingerprint density at radius 1 is 1.32 bits per heavy atom. The van der Waals surface area contributed by atoms with Crippen LogP contribution in [0, 0.1) is 6.92 Å². The van der Waals surface area contributed by atoms with Crippen LogP contribution in [0.25, 0.3) is 10.2 Å². The molecule has 1 N–H and O–H groups in total. The van der Waals surface area contributed by atoms with E-state index in [9.17, 15) is 4.79 Å². The minimum Gasteiger partial charge on any atom is -0.324 e. The van der Waals surface area contributed by atoms with Crippen molar-refractivity contribution in [2.24, 2.45) is 0 Å². The van der Waals surface area contributed by atoms with E-state index in [-0.39, 0.29) is 11.9 Å². The SMILES string of the molecule is Cc1ccc(NC(=O)[C@H](C)N(C)Cc2nc3ccccc3s2)c(Br)c1. The van der Waals surface area contributed by atoms with Crippen molar-refractivity contribution >= 4 is 49.1 Å². The topological polar surface area (TPSA) is 45.2 Å². The molecule has 0 unspecified atom stereocenters. The molecule has 3 aromatic rings. The molecule has 3 rings (SSSR count). The number of aryl methyl sites for hydroxylation is 1. The van der Waals surface area contributed by atoms with E-state index in [4.69, 9.17) is 0 Å². The van der Waals surface area contributed by atoms with Gasteiger partial charge < -0.3 is 5.32 Å². The zero-order valence-electron chi connectivity index (χ0n) is 14.4. The normalized spacial score (nSPS) is 12.5. The maximum atomic E-state index is 12.6. The number of hydrogen-bond acceptors (Lipinski definition) is 4. The highest BCUT2D eigenvalue weighted by Crippen LogP contribution is 2.25. The van der Waals surface area contributed by atoms with Crippen LogP contribution in [0.4, 0.5) is 5.69 Å². The van der Waals surface area contributed by atoms with Gasteiger partial charge >= 0.3 is 0 Å². The molecule has 4 nitrogen and oxygen atoms in total. The lowest BCUT2D eigenvalue weighted by Crippen LogP contribution is -2.39. The van der Waals surface area contributed by atoms with Gasteiger partial charge in [-0.25, -0.2) is 4.98 Å². The fourth-order valence-electron chi connectivity index (χ4n) is 2.50. The summed E-state index contributed by atoms with van der Waals surface area (Å²) in [6.07, 6.45) is 0. The fourth-order valence-corrected chi connectivity index (χ4v) is 4.12. The van der Waals surface area contributed by atoms with Crippen LogP contribution >= 0.6 is 27.3 Å². The summed E-state index contributed by atoms with van der Waals surface area (Å²) in [6.45, 7) is 4.57. The van der Waals surface area contributed by atoms with E-state index >= 15 is 0 Å². The van der Waals surface area contributed by atoms with Gasteiger partial charge in [-0.2, -0.15) is 0 Å². The number of benzene rings is 2. The van der Waals surface area contributed by atoms with Crippen LogP contribution in [0.15, 0.2) is 46.9 Å². The fraction of sp³-hybridized carbons (Fsp3) is 0.263. The first-order valence-corrected chi connectivity index (χ1v) is 9.66. The smallest absolute Gasteiger partial charge is 0.241 e. The Bertz CT molecular complexity index is 876. The van der Waals surface area contributed by atoms with Crippen LogP contribution in [-0.2, 0) is 11.3 Å². The number of rotatable bonds is 5. The van der Waals surface area contributed by atoms with Gasteiger partial charge in [0, 0.05) is 4.47 Å². The Labute approximate surface area is 160 Å². The van der Waals surface area contributed by atoms with Gasteiger partial charge in [-0.15, -0.1) is 11.3 Å². The second-order valence-electron chi connectivity index (χ2n) is 6.14. The number of carbonyl (C=O) groups excluding carboxylic acids is 1. The van der Waals surface area contributed by atoms with E-state index in [1.807, 2.05) is 62.2 Å². The lowest BCUT2D eigenvalue weighted by molar-refractivity contribution is -0.120. The number of amides is 1. The second kappa shape index (κ2) is 7.64. The quantitative estimate of drug-likeness (QED) is 0.646. The standard InChI is InChI=1S/C19H20BrN3OS/c1-12-8-9-15(14(20)10-12)22-19(24)13(2)23(3)11-18-21-16-6-4-5-7-17(16)25-18/h4-10,13H,11H2,1-3H3,(H,22,24)/t13-/m0/s1. The molecule has 1 heterocycles. The van der Waals surface area contributed by atoms with Crippen LogP contribution < -0.4 is 5.32 Å². The maximum absolute atomic E-state index is 12.6. The molecule has 0 fully saturated rings. The summed E-state index contributed by atoms with van der Waals surface area (Å²) >= 11 is 5.17. The molecular formula is C19H20BrN3OS. The molecule has 25 heavy (non-hydrogen) atoms. The Kier molecular flexibility index (Phi) is 5.51. The highest BCUT2D eigenvalue weighted by Gasteiger charge is 2.20. The second-order valence-corrected chi connectivity index (χ2v) is 8.11. The summed E-state index contributed by atoms with van der Waals surface area (Å²) in [7, 11) is 1.94. The Morgan fingerprint density at radius 2 is 2.08 bits per heavy atom. The van der Waals surface area contributed by atoms with Crippen molar-refractivity contribution in [3.05, 3.63) is 57.5 Å². The Balaban J connectivity index is 1.66. The van der Waals surface area contributed by atoms with Crippen molar-refractivity contribution in [1.29, 1.82) is 0 Å². The highest BCUT2D eigenvalue weighted by molar-refractivity contribution is 9.10. The van der Waals surface area contributed by atoms with Crippen molar-refractivity contribution in [3.63, 3.8) is 0 Å². The molecule has 0 bridgehead atoms. The first-order chi connectivity index (χ1) is 11.9. The summed E-state index contributed by atoms with van der Waals surface area (Å²) in [4.78, 5) is 19.2. The zero-order valence-corrected chi connectivity index (χ0v) is 16.8. The molecule has 0 spiro atoms. The van der Waals surface area contributed by atoms with E-state index in [0.717, 1.165) is 26.2 Å². The summed E-state index contributed by atoms with van der Waals surface area (Å²) < 4.78 is 2.06. The molecule has 0 radical (unpaired) electrons. The van der Waals surface area contributed by atoms with Crippen LogP contribution in [0.1, 0.15) is 17.5 Å². The minimum absolute atomic E-state index is 0.0341. The van der Waals surface area contributed by atoms with Gasteiger partial charge in [0.05, 0.1) is 28.5 Å². The number of halogens is 1. The van der Waals surface area contributed by atoms with Crippen molar-refractivity contribution in [1.82, 2.24) is 9.88 Å². The number of aromatic nitrogens is 1. The molecule has 1 atom stereocenters. The third-order valence-corrected chi connectivity index (χ3v) is 5.82. The van der Waals surface area contributed by atoms with E-state index in [0.29, 0.717) is 6.54 Å².